The minimum absolute atomic E-state index is 0.0925. The van der Waals surface area contributed by atoms with E-state index in [0.717, 1.165) is 18.4 Å². The molecule has 0 bridgehead atoms. The first-order valence-corrected chi connectivity index (χ1v) is 12.9. The highest BCUT2D eigenvalue weighted by Gasteiger charge is 2.33. The number of halogens is 1. The van der Waals surface area contributed by atoms with E-state index in [4.69, 9.17) is 0 Å². The largest absolute Gasteiger partial charge is 0.367 e. The van der Waals surface area contributed by atoms with E-state index in [2.05, 4.69) is 10.2 Å². The van der Waals surface area contributed by atoms with Crippen LogP contribution in [0.1, 0.15) is 62.5 Å². The lowest BCUT2D eigenvalue weighted by Gasteiger charge is -2.41. The van der Waals surface area contributed by atoms with E-state index < -0.39 is 5.82 Å². The first-order valence-electron chi connectivity index (χ1n) is 12.9. The number of nitrogens with one attached hydrogen (secondary N) is 1. The van der Waals surface area contributed by atoms with E-state index >= 15 is 4.39 Å². The Morgan fingerprint density at radius 2 is 1.57 bits per heavy atom. The van der Waals surface area contributed by atoms with Gasteiger partial charge in [-0.05, 0) is 50.5 Å². The number of carbonyl (C=O) groups excluding carboxylic acids is 2. The molecule has 0 saturated carbocycles. The third kappa shape index (κ3) is 6.40. The maximum absolute atomic E-state index is 15.0. The monoisotopic (exact) mass is 482 g/mol. The number of rotatable bonds is 10. The van der Waals surface area contributed by atoms with Crippen LogP contribution in [0.25, 0.3) is 0 Å². The fourth-order valence-corrected chi connectivity index (χ4v) is 4.74. The highest BCUT2D eigenvalue weighted by molar-refractivity contribution is 5.94. The summed E-state index contributed by atoms with van der Waals surface area (Å²) in [5.41, 5.74) is 1.82. The van der Waals surface area contributed by atoms with Gasteiger partial charge in [0.05, 0.1) is 5.69 Å². The zero-order chi connectivity index (χ0) is 25.4. The lowest BCUT2D eigenvalue weighted by molar-refractivity contribution is -0.137. The minimum Gasteiger partial charge on any atom is -0.367 e. The second kappa shape index (κ2) is 12.7. The molecule has 3 rings (SSSR count). The molecule has 0 spiro atoms. The van der Waals surface area contributed by atoms with Gasteiger partial charge in [0, 0.05) is 50.9 Å². The zero-order valence-electron chi connectivity index (χ0n) is 21.5. The molecule has 1 atom stereocenters. The Morgan fingerprint density at radius 3 is 2.11 bits per heavy atom. The van der Waals surface area contributed by atoms with Crippen LogP contribution in [-0.2, 0) is 4.79 Å². The Hall–Kier alpha value is -2.93. The normalized spacial score (nSPS) is 15.2. The minimum atomic E-state index is -0.394. The highest BCUT2D eigenvalue weighted by atomic mass is 19.1. The standard InChI is InChI=1S/C28H39FN4O2/c1-5-23(6-2)30-27(34)22-14-15-25(24(29)20-22)32-16-18-33(19-17-32)26(21-12-10-9-11-13-21)28(35)31(7-3)8-4/h9-15,20,23,26H,5-8,16-19H2,1-4H3,(H,30,34). The Bertz CT molecular complexity index is 968. The van der Waals surface area contributed by atoms with E-state index in [-0.39, 0.29) is 23.9 Å². The number of anilines is 1. The van der Waals surface area contributed by atoms with E-state index in [0.29, 0.717) is 50.5 Å². The summed E-state index contributed by atoms with van der Waals surface area (Å²) in [7, 11) is 0. The average molecular weight is 483 g/mol. The number of hydrogen-bond donors (Lipinski definition) is 1. The third-order valence-corrected chi connectivity index (χ3v) is 6.98. The molecule has 2 aromatic rings. The van der Waals surface area contributed by atoms with Crippen LogP contribution in [0.5, 0.6) is 0 Å². The molecule has 1 aliphatic heterocycles. The van der Waals surface area contributed by atoms with Gasteiger partial charge >= 0.3 is 0 Å². The van der Waals surface area contributed by atoms with Crippen molar-refractivity contribution in [1.82, 2.24) is 15.1 Å². The summed E-state index contributed by atoms with van der Waals surface area (Å²) in [6.07, 6.45) is 1.68. The average Bonchev–Trinajstić information content (AvgIpc) is 2.89. The summed E-state index contributed by atoms with van der Waals surface area (Å²) in [6, 6.07) is 14.4. The Kier molecular flexibility index (Phi) is 9.66. The first-order chi connectivity index (χ1) is 16.9. The Morgan fingerprint density at radius 1 is 0.943 bits per heavy atom. The molecule has 7 heteroatoms. The fourth-order valence-electron chi connectivity index (χ4n) is 4.74. The molecule has 0 aromatic heterocycles. The molecule has 35 heavy (non-hydrogen) atoms. The predicted octanol–water partition coefficient (Wildman–Crippen LogP) is 4.48. The van der Waals surface area contributed by atoms with Gasteiger partial charge in [0.2, 0.25) is 5.91 Å². The van der Waals surface area contributed by atoms with Crippen molar-refractivity contribution in [1.29, 1.82) is 0 Å². The number of likely N-dealkylation sites (N-methyl/N-ethyl adjacent to an activating group) is 1. The van der Waals surface area contributed by atoms with Crippen LogP contribution in [0.3, 0.4) is 0 Å². The van der Waals surface area contributed by atoms with Crippen molar-refractivity contribution < 1.29 is 14.0 Å². The van der Waals surface area contributed by atoms with E-state index in [1.807, 2.05) is 67.8 Å². The SMILES string of the molecule is CCC(CC)NC(=O)c1ccc(N2CCN(C(C(=O)N(CC)CC)c3ccccc3)CC2)c(F)c1. The number of carbonyl (C=O) groups is 2. The van der Waals surface area contributed by atoms with Crippen LogP contribution in [0.2, 0.25) is 0 Å². The maximum Gasteiger partial charge on any atom is 0.251 e. The highest BCUT2D eigenvalue weighted by Crippen LogP contribution is 2.28. The topological polar surface area (TPSA) is 55.9 Å². The summed E-state index contributed by atoms with van der Waals surface area (Å²) in [5, 5.41) is 2.96. The molecule has 1 aliphatic rings. The molecule has 1 fully saturated rings. The summed E-state index contributed by atoms with van der Waals surface area (Å²) in [4.78, 5) is 32.0. The van der Waals surface area contributed by atoms with Crippen molar-refractivity contribution in [3.8, 4) is 0 Å². The van der Waals surface area contributed by atoms with Crippen LogP contribution in [0.4, 0.5) is 10.1 Å². The molecule has 6 nitrogen and oxygen atoms in total. The van der Waals surface area contributed by atoms with Crippen LogP contribution >= 0.6 is 0 Å². The van der Waals surface area contributed by atoms with Gasteiger partial charge in [-0.15, -0.1) is 0 Å². The second-order valence-electron chi connectivity index (χ2n) is 9.00. The first kappa shape index (κ1) is 26.7. The predicted molar refractivity (Wildman–Crippen MR) is 139 cm³/mol. The van der Waals surface area contributed by atoms with Crippen LogP contribution in [0.15, 0.2) is 48.5 Å². The molecule has 1 heterocycles. The molecule has 1 saturated heterocycles. The van der Waals surface area contributed by atoms with Gasteiger partial charge in [-0.2, -0.15) is 0 Å². The maximum atomic E-state index is 15.0. The fraction of sp³-hybridized carbons (Fsp3) is 0.500. The third-order valence-electron chi connectivity index (χ3n) is 6.98. The summed E-state index contributed by atoms with van der Waals surface area (Å²) >= 11 is 0. The number of benzene rings is 2. The summed E-state index contributed by atoms with van der Waals surface area (Å²) in [5.74, 6) is -0.530. The molecule has 1 N–H and O–H groups in total. The number of hydrogen-bond acceptors (Lipinski definition) is 4. The van der Waals surface area contributed by atoms with Crippen molar-refractivity contribution in [3.05, 3.63) is 65.5 Å². The molecule has 1 unspecified atom stereocenters. The van der Waals surface area contributed by atoms with E-state index in [1.54, 1.807) is 12.1 Å². The molecule has 0 radical (unpaired) electrons. The quantitative estimate of drug-likeness (QED) is 0.543. The van der Waals surface area contributed by atoms with E-state index in [9.17, 15) is 9.59 Å². The second-order valence-corrected chi connectivity index (χ2v) is 9.00. The van der Waals surface area contributed by atoms with Crippen LogP contribution in [-0.4, -0.2) is 66.9 Å². The lowest BCUT2D eigenvalue weighted by Crippen LogP contribution is -2.52. The van der Waals surface area contributed by atoms with Gasteiger partial charge < -0.3 is 15.1 Å². The lowest BCUT2D eigenvalue weighted by atomic mass is 10.0. The van der Waals surface area contributed by atoms with Crippen molar-refractivity contribution in [2.45, 2.75) is 52.6 Å². The van der Waals surface area contributed by atoms with Gasteiger partial charge in [0.15, 0.2) is 0 Å². The zero-order valence-corrected chi connectivity index (χ0v) is 21.5. The van der Waals surface area contributed by atoms with Gasteiger partial charge in [0.25, 0.3) is 5.91 Å². The van der Waals surface area contributed by atoms with Gasteiger partial charge in [-0.1, -0.05) is 44.2 Å². The number of amides is 2. The van der Waals surface area contributed by atoms with Crippen molar-refractivity contribution >= 4 is 17.5 Å². The molecule has 190 valence electrons. The molecular weight excluding hydrogens is 443 g/mol. The molecule has 2 aromatic carbocycles. The Labute approximate surface area is 209 Å². The van der Waals surface area contributed by atoms with Crippen LogP contribution in [0, 0.1) is 5.82 Å². The smallest absolute Gasteiger partial charge is 0.251 e. The van der Waals surface area contributed by atoms with Crippen LogP contribution < -0.4 is 10.2 Å². The molecule has 0 aliphatic carbocycles. The summed E-state index contributed by atoms with van der Waals surface area (Å²) in [6.45, 7) is 11.9. The van der Waals surface area contributed by atoms with Crippen molar-refractivity contribution in [2.24, 2.45) is 0 Å². The van der Waals surface area contributed by atoms with Gasteiger partial charge in [-0.25, -0.2) is 4.39 Å². The number of piperazine rings is 1. The Balaban J connectivity index is 1.72. The number of nitrogens with zero attached hydrogens (tertiary/aromatic N) is 3. The van der Waals surface area contributed by atoms with Crippen molar-refractivity contribution in [2.75, 3.05) is 44.2 Å². The summed E-state index contributed by atoms with van der Waals surface area (Å²) < 4.78 is 15.0. The molecule has 2 amide bonds. The van der Waals surface area contributed by atoms with E-state index in [1.165, 1.54) is 6.07 Å². The van der Waals surface area contributed by atoms with Gasteiger partial charge in [0.1, 0.15) is 11.9 Å². The molecular formula is C28H39FN4O2. The van der Waals surface area contributed by atoms with Gasteiger partial charge in [-0.3, -0.25) is 14.5 Å². The van der Waals surface area contributed by atoms with Crippen molar-refractivity contribution in [3.63, 3.8) is 0 Å².